The van der Waals surface area contributed by atoms with Crippen LogP contribution in [0.4, 0.5) is 0 Å². The van der Waals surface area contributed by atoms with Crippen LogP contribution in [0.15, 0.2) is 59.0 Å². The molecule has 0 aliphatic rings. The molecule has 0 aliphatic heterocycles. The normalized spacial score (nSPS) is 10.8. The minimum atomic E-state index is 0.139. The standard InChI is InChI=1S/C19H18ClNO3/c1-23-19-8-2-13(10-17(19)22)11-21-12-16-7-9-18(24-16)14-3-5-15(20)6-4-14/h2-10,21-22H,11-12H2,1H3. The summed E-state index contributed by atoms with van der Waals surface area (Å²) in [4.78, 5) is 0. The first-order valence-corrected chi connectivity index (χ1v) is 7.95. The molecule has 1 heterocycles. The van der Waals surface area contributed by atoms with E-state index in [1.54, 1.807) is 12.1 Å². The molecule has 4 nitrogen and oxygen atoms in total. The minimum absolute atomic E-state index is 0.139. The molecule has 0 unspecified atom stereocenters. The summed E-state index contributed by atoms with van der Waals surface area (Å²) in [6.45, 7) is 1.22. The Bertz CT molecular complexity index is 812. The number of benzene rings is 2. The van der Waals surface area contributed by atoms with E-state index in [1.165, 1.54) is 7.11 Å². The van der Waals surface area contributed by atoms with Gasteiger partial charge in [0.15, 0.2) is 11.5 Å². The molecule has 0 bridgehead atoms. The number of nitrogens with one attached hydrogen (secondary N) is 1. The molecule has 0 saturated carbocycles. The highest BCUT2D eigenvalue weighted by Crippen LogP contribution is 2.26. The van der Waals surface area contributed by atoms with Crippen LogP contribution in [0.25, 0.3) is 11.3 Å². The van der Waals surface area contributed by atoms with E-state index in [9.17, 15) is 5.11 Å². The quantitative estimate of drug-likeness (QED) is 0.686. The second-order valence-electron chi connectivity index (χ2n) is 5.38. The molecule has 0 aliphatic carbocycles. The first-order chi connectivity index (χ1) is 11.7. The lowest BCUT2D eigenvalue weighted by Gasteiger charge is -2.07. The van der Waals surface area contributed by atoms with Crippen molar-refractivity contribution in [3.05, 3.63) is 70.9 Å². The fourth-order valence-electron chi connectivity index (χ4n) is 2.42. The van der Waals surface area contributed by atoms with Crippen LogP contribution < -0.4 is 10.1 Å². The zero-order valence-electron chi connectivity index (χ0n) is 13.3. The third-order valence-electron chi connectivity index (χ3n) is 3.66. The van der Waals surface area contributed by atoms with E-state index in [0.717, 1.165) is 22.6 Å². The van der Waals surface area contributed by atoms with Crippen molar-refractivity contribution in [2.24, 2.45) is 0 Å². The van der Waals surface area contributed by atoms with E-state index in [0.29, 0.717) is 23.9 Å². The highest BCUT2D eigenvalue weighted by Gasteiger charge is 2.06. The molecule has 0 atom stereocenters. The average Bonchev–Trinajstić information content (AvgIpc) is 3.04. The SMILES string of the molecule is COc1ccc(CNCc2ccc(-c3ccc(Cl)cc3)o2)cc1O. The Balaban J connectivity index is 1.57. The molecule has 3 rings (SSSR count). The summed E-state index contributed by atoms with van der Waals surface area (Å²) in [6, 6.07) is 16.8. The number of phenols is 1. The monoisotopic (exact) mass is 343 g/mol. The lowest BCUT2D eigenvalue weighted by atomic mass is 10.2. The maximum atomic E-state index is 9.78. The van der Waals surface area contributed by atoms with Gasteiger partial charge in [0.1, 0.15) is 11.5 Å². The fraction of sp³-hybridized carbons (Fsp3) is 0.158. The molecule has 0 spiro atoms. The Morgan fingerprint density at radius 3 is 2.54 bits per heavy atom. The zero-order valence-corrected chi connectivity index (χ0v) is 14.0. The predicted octanol–water partition coefficient (Wildman–Crippen LogP) is 4.60. The third-order valence-corrected chi connectivity index (χ3v) is 3.91. The first kappa shape index (κ1) is 16.4. The minimum Gasteiger partial charge on any atom is -0.504 e. The molecule has 0 amide bonds. The summed E-state index contributed by atoms with van der Waals surface area (Å²) in [6.07, 6.45) is 0. The number of hydrogen-bond acceptors (Lipinski definition) is 4. The van der Waals surface area contributed by atoms with Gasteiger partial charge < -0.3 is 19.6 Å². The van der Waals surface area contributed by atoms with Gasteiger partial charge in [-0.2, -0.15) is 0 Å². The number of rotatable bonds is 6. The van der Waals surface area contributed by atoms with Crippen molar-refractivity contribution in [1.29, 1.82) is 0 Å². The Hall–Kier alpha value is -2.43. The summed E-state index contributed by atoms with van der Waals surface area (Å²) in [7, 11) is 1.53. The lowest BCUT2D eigenvalue weighted by Crippen LogP contribution is -2.12. The van der Waals surface area contributed by atoms with Gasteiger partial charge in [-0.05, 0) is 54.1 Å². The average molecular weight is 344 g/mol. The van der Waals surface area contributed by atoms with Gasteiger partial charge in [0.05, 0.1) is 13.7 Å². The number of halogens is 1. The maximum Gasteiger partial charge on any atom is 0.160 e. The van der Waals surface area contributed by atoms with E-state index in [-0.39, 0.29) is 5.75 Å². The van der Waals surface area contributed by atoms with E-state index in [4.69, 9.17) is 20.8 Å². The molecule has 2 N–H and O–H groups in total. The largest absolute Gasteiger partial charge is 0.504 e. The van der Waals surface area contributed by atoms with Crippen molar-refractivity contribution < 1.29 is 14.3 Å². The van der Waals surface area contributed by atoms with Gasteiger partial charge in [0.2, 0.25) is 0 Å². The first-order valence-electron chi connectivity index (χ1n) is 7.57. The highest BCUT2D eigenvalue weighted by atomic mass is 35.5. The molecule has 2 aromatic carbocycles. The Morgan fingerprint density at radius 2 is 1.83 bits per heavy atom. The number of hydrogen-bond donors (Lipinski definition) is 2. The summed E-state index contributed by atoms with van der Waals surface area (Å²) in [5.74, 6) is 2.26. The van der Waals surface area contributed by atoms with Crippen molar-refractivity contribution >= 4 is 11.6 Å². The van der Waals surface area contributed by atoms with Crippen LogP contribution in [0.5, 0.6) is 11.5 Å². The van der Waals surface area contributed by atoms with Crippen LogP contribution in [-0.4, -0.2) is 12.2 Å². The number of ether oxygens (including phenoxy) is 1. The molecule has 5 heteroatoms. The molecular formula is C19H18ClNO3. The van der Waals surface area contributed by atoms with E-state index >= 15 is 0 Å². The molecule has 0 fully saturated rings. The summed E-state index contributed by atoms with van der Waals surface area (Å²) in [5.41, 5.74) is 1.96. The molecule has 0 radical (unpaired) electrons. The van der Waals surface area contributed by atoms with Crippen molar-refractivity contribution in [2.75, 3.05) is 7.11 Å². The van der Waals surface area contributed by atoms with Crippen LogP contribution >= 0.6 is 11.6 Å². The topological polar surface area (TPSA) is 54.6 Å². The van der Waals surface area contributed by atoms with Gasteiger partial charge in [-0.3, -0.25) is 0 Å². The predicted molar refractivity (Wildman–Crippen MR) is 94.4 cm³/mol. The van der Waals surface area contributed by atoms with Crippen molar-refractivity contribution in [2.45, 2.75) is 13.1 Å². The van der Waals surface area contributed by atoms with Crippen molar-refractivity contribution in [1.82, 2.24) is 5.32 Å². The van der Waals surface area contributed by atoms with Crippen LogP contribution in [0, 0.1) is 0 Å². The number of methoxy groups -OCH3 is 1. The van der Waals surface area contributed by atoms with E-state index < -0.39 is 0 Å². The Labute approximate surface area is 145 Å². The third kappa shape index (κ3) is 3.91. The van der Waals surface area contributed by atoms with Crippen LogP contribution in [0.1, 0.15) is 11.3 Å². The van der Waals surface area contributed by atoms with E-state index in [2.05, 4.69) is 5.32 Å². The molecule has 1 aromatic heterocycles. The Kier molecular flexibility index (Phi) is 5.08. The maximum absolute atomic E-state index is 9.78. The number of aromatic hydroxyl groups is 1. The van der Waals surface area contributed by atoms with Gasteiger partial charge in [0.25, 0.3) is 0 Å². The summed E-state index contributed by atoms with van der Waals surface area (Å²) in [5, 5.41) is 13.8. The van der Waals surface area contributed by atoms with Crippen molar-refractivity contribution in [3.8, 4) is 22.8 Å². The molecule has 24 heavy (non-hydrogen) atoms. The fourth-order valence-corrected chi connectivity index (χ4v) is 2.54. The van der Waals surface area contributed by atoms with Crippen molar-refractivity contribution in [3.63, 3.8) is 0 Å². The second-order valence-corrected chi connectivity index (χ2v) is 5.82. The smallest absolute Gasteiger partial charge is 0.160 e. The summed E-state index contributed by atoms with van der Waals surface area (Å²) >= 11 is 5.89. The molecule has 124 valence electrons. The molecule has 0 saturated heterocycles. The number of phenolic OH excluding ortho intramolecular Hbond substituents is 1. The van der Waals surface area contributed by atoms with Crippen LogP contribution in [0.3, 0.4) is 0 Å². The lowest BCUT2D eigenvalue weighted by molar-refractivity contribution is 0.373. The van der Waals surface area contributed by atoms with Gasteiger partial charge >= 0.3 is 0 Å². The van der Waals surface area contributed by atoms with Crippen LogP contribution in [-0.2, 0) is 13.1 Å². The van der Waals surface area contributed by atoms with Gasteiger partial charge in [-0.25, -0.2) is 0 Å². The van der Waals surface area contributed by atoms with Gasteiger partial charge in [-0.15, -0.1) is 0 Å². The van der Waals surface area contributed by atoms with E-state index in [1.807, 2.05) is 42.5 Å². The molecular weight excluding hydrogens is 326 g/mol. The Morgan fingerprint density at radius 1 is 1.04 bits per heavy atom. The zero-order chi connectivity index (χ0) is 16.9. The number of furan rings is 1. The van der Waals surface area contributed by atoms with Crippen LogP contribution in [0.2, 0.25) is 5.02 Å². The second kappa shape index (κ2) is 7.43. The highest BCUT2D eigenvalue weighted by molar-refractivity contribution is 6.30. The van der Waals surface area contributed by atoms with Gasteiger partial charge in [0, 0.05) is 17.1 Å². The molecule has 3 aromatic rings. The summed E-state index contributed by atoms with van der Waals surface area (Å²) < 4.78 is 10.9. The van der Waals surface area contributed by atoms with Gasteiger partial charge in [-0.1, -0.05) is 17.7 Å².